The maximum atomic E-state index is 12.2. The Balaban J connectivity index is 2.25. The molecule has 1 amide bonds. The van der Waals surface area contributed by atoms with Crippen LogP contribution < -0.4 is 10.1 Å². The second kappa shape index (κ2) is 5.88. The standard InChI is InChI=1S/C13H14BrN3O2/c1-3-8-7-15-17-12(8)16-13(18)10-5-4-9(14)6-11(10)19-2/h4-7H,3H2,1-2H3,(H2,15,16,17,18). The van der Waals surface area contributed by atoms with Gasteiger partial charge in [0.2, 0.25) is 0 Å². The first-order chi connectivity index (χ1) is 9.15. The molecule has 1 aromatic carbocycles. The van der Waals surface area contributed by atoms with Crippen molar-refractivity contribution in [1.82, 2.24) is 10.2 Å². The smallest absolute Gasteiger partial charge is 0.260 e. The second-order valence-electron chi connectivity index (χ2n) is 3.92. The van der Waals surface area contributed by atoms with Crippen LogP contribution >= 0.6 is 15.9 Å². The monoisotopic (exact) mass is 323 g/mol. The molecule has 6 heteroatoms. The minimum atomic E-state index is -0.233. The zero-order valence-corrected chi connectivity index (χ0v) is 12.2. The number of anilines is 1. The largest absolute Gasteiger partial charge is 0.496 e. The SMILES string of the molecule is CCc1cn[nH]c1NC(=O)c1ccc(Br)cc1OC. The number of methoxy groups -OCH3 is 1. The Morgan fingerprint density at radius 1 is 1.53 bits per heavy atom. The second-order valence-corrected chi connectivity index (χ2v) is 4.84. The maximum Gasteiger partial charge on any atom is 0.260 e. The third kappa shape index (κ3) is 2.96. The van der Waals surface area contributed by atoms with E-state index in [1.165, 1.54) is 7.11 Å². The lowest BCUT2D eigenvalue weighted by molar-refractivity contribution is 0.102. The van der Waals surface area contributed by atoms with Crippen molar-refractivity contribution in [3.63, 3.8) is 0 Å². The molecule has 0 bridgehead atoms. The van der Waals surface area contributed by atoms with Crippen LogP contribution in [0.1, 0.15) is 22.8 Å². The van der Waals surface area contributed by atoms with Gasteiger partial charge in [-0.2, -0.15) is 5.10 Å². The summed E-state index contributed by atoms with van der Waals surface area (Å²) in [5, 5.41) is 9.49. The lowest BCUT2D eigenvalue weighted by atomic mass is 10.2. The molecule has 0 spiro atoms. The van der Waals surface area contributed by atoms with Gasteiger partial charge < -0.3 is 10.1 Å². The van der Waals surface area contributed by atoms with Crippen molar-refractivity contribution in [2.24, 2.45) is 0 Å². The van der Waals surface area contributed by atoms with Crippen LogP contribution in [0.25, 0.3) is 0 Å². The fourth-order valence-corrected chi connectivity index (χ4v) is 2.06. The van der Waals surface area contributed by atoms with Gasteiger partial charge in [-0.05, 0) is 24.6 Å². The highest BCUT2D eigenvalue weighted by Gasteiger charge is 2.14. The molecule has 0 aliphatic rings. The Kier molecular flexibility index (Phi) is 4.21. The van der Waals surface area contributed by atoms with Gasteiger partial charge in [0.05, 0.1) is 18.9 Å². The normalized spacial score (nSPS) is 10.3. The zero-order valence-electron chi connectivity index (χ0n) is 10.7. The Morgan fingerprint density at radius 2 is 2.32 bits per heavy atom. The van der Waals surface area contributed by atoms with Gasteiger partial charge in [-0.15, -0.1) is 0 Å². The van der Waals surface area contributed by atoms with Gasteiger partial charge in [0.25, 0.3) is 5.91 Å². The number of H-pyrrole nitrogens is 1. The Morgan fingerprint density at radius 3 is 3.00 bits per heavy atom. The summed E-state index contributed by atoms with van der Waals surface area (Å²) in [6.45, 7) is 2.00. The molecule has 0 atom stereocenters. The van der Waals surface area contributed by atoms with Gasteiger partial charge in [0.15, 0.2) is 0 Å². The minimum Gasteiger partial charge on any atom is -0.496 e. The van der Waals surface area contributed by atoms with E-state index >= 15 is 0 Å². The molecule has 0 saturated heterocycles. The number of aryl methyl sites for hydroxylation is 1. The van der Waals surface area contributed by atoms with Gasteiger partial charge in [-0.1, -0.05) is 22.9 Å². The number of rotatable bonds is 4. The van der Waals surface area contributed by atoms with Crippen molar-refractivity contribution in [2.45, 2.75) is 13.3 Å². The van der Waals surface area contributed by atoms with E-state index in [0.29, 0.717) is 17.1 Å². The molecule has 19 heavy (non-hydrogen) atoms. The highest BCUT2D eigenvalue weighted by atomic mass is 79.9. The number of carbonyl (C=O) groups is 1. The number of aromatic nitrogens is 2. The van der Waals surface area contributed by atoms with Gasteiger partial charge in [0, 0.05) is 10.0 Å². The fourth-order valence-electron chi connectivity index (χ4n) is 1.72. The van der Waals surface area contributed by atoms with Crippen LogP contribution in [0.4, 0.5) is 5.82 Å². The van der Waals surface area contributed by atoms with Gasteiger partial charge in [-0.25, -0.2) is 0 Å². The first kappa shape index (κ1) is 13.6. The number of hydrogen-bond acceptors (Lipinski definition) is 3. The molecule has 0 aliphatic carbocycles. The average molecular weight is 324 g/mol. The number of nitrogens with one attached hydrogen (secondary N) is 2. The van der Waals surface area contributed by atoms with E-state index in [2.05, 4.69) is 31.4 Å². The molecule has 0 unspecified atom stereocenters. The summed E-state index contributed by atoms with van der Waals surface area (Å²) in [4.78, 5) is 12.2. The summed E-state index contributed by atoms with van der Waals surface area (Å²) in [7, 11) is 1.53. The van der Waals surface area contributed by atoms with Gasteiger partial charge in [0.1, 0.15) is 11.6 Å². The first-order valence-electron chi connectivity index (χ1n) is 5.82. The number of hydrogen-bond donors (Lipinski definition) is 2. The topological polar surface area (TPSA) is 67.0 Å². The van der Waals surface area contributed by atoms with E-state index in [9.17, 15) is 4.79 Å². The van der Waals surface area contributed by atoms with Crippen molar-refractivity contribution < 1.29 is 9.53 Å². The summed E-state index contributed by atoms with van der Waals surface area (Å²) in [5.74, 6) is 0.908. The number of carbonyl (C=O) groups excluding carboxylic acids is 1. The van der Waals surface area contributed by atoms with Crippen LogP contribution in [0.15, 0.2) is 28.9 Å². The van der Waals surface area contributed by atoms with Crippen LogP contribution in [-0.2, 0) is 6.42 Å². The molecule has 1 heterocycles. The fraction of sp³-hybridized carbons (Fsp3) is 0.231. The molecule has 1 aromatic heterocycles. The molecule has 2 aromatic rings. The number of aromatic amines is 1. The van der Waals surface area contributed by atoms with Crippen LogP contribution in [0, 0.1) is 0 Å². The first-order valence-corrected chi connectivity index (χ1v) is 6.62. The quantitative estimate of drug-likeness (QED) is 0.908. The summed E-state index contributed by atoms with van der Waals surface area (Å²) < 4.78 is 6.06. The molecular weight excluding hydrogens is 310 g/mol. The summed E-state index contributed by atoms with van der Waals surface area (Å²) in [5.41, 5.74) is 1.44. The molecule has 2 N–H and O–H groups in total. The number of ether oxygens (including phenoxy) is 1. The average Bonchev–Trinajstić information content (AvgIpc) is 2.85. The predicted molar refractivity (Wildman–Crippen MR) is 76.6 cm³/mol. The van der Waals surface area contributed by atoms with E-state index < -0.39 is 0 Å². The number of halogens is 1. The highest BCUT2D eigenvalue weighted by molar-refractivity contribution is 9.10. The zero-order chi connectivity index (χ0) is 13.8. The molecular formula is C13H14BrN3O2. The molecule has 2 rings (SSSR count). The Bertz CT molecular complexity index is 595. The van der Waals surface area contributed by atoms with Crippen LogP contribution in [0.5, 0.6) is 5.75 Å². The molecule has 100 valence electrons. The predicted octanol–water partition coefficient (Wildman–Crippen LogP) is 3.00. The van der Waals surface area contributed by atoms with E-state index in [1.807, 2.05) is 6.92 Å². The van der Waals surface area contributed by atoms with Crippen LogP contribution in [0.3, 0.4) is 0 Å². The third-order valence-electron chi connectivity index (χ3n) is 2.75. The lowest BCUT2D eigenvalue weighted by Crippen LogP contribution is -2.14. The third-order valence-corrected chi connectivity index (χ3v) is 3.24. The van der Waals surface area contributed by atoms with E-state index in [0.717, 1.165) is 16.5 Å². The maximum absolute atomic E-state index is 12.2. The summed E-state index contributed by atoms with van der Waals surface area (Å²) in [6.07, 6.45) is 2.50. The van der Waals surface area contributed by atoms with Crippen LogP contribution in [-0.4, -0.2) is 23.2 Å². The minimum absolute atomic E-state index is 0.233. The summed E-state index contributed by atoms with van der Waals surface area (Å²) >= 11 is 3.34. The van der Waals surface area contributed by atoms with Crippen molar-refractivity contribution in [1.29, 1.82) is 0 Å². The van der Waals surface area contributed by atoms with Crippen molar-refractivity contribution in [3.05, 3.63) is 40.0 Å². The van der Waals surface area contributed by atoms with E-state index in [1.54, 1.807) is 24.4 Å². The van der Waals surface area contributed by atoms with Crippen molar-refractivity contribution in [2.75, 3.05) is 12.4 Å². The molecule has 0 radical (unpaired) electrons. The summed E-state index contributed by atoms with van der Waals surface area (Å²) in [6, 6.07) is 5.26. The van der Waals surface area contributed by atoms with Gasteiger partial charge in [-0.3, -0.25) is 9.89 Å². The lowest BCUT2D eigenvalue weighted by Gasteiger charge is -2.09. The Labute approximate surface area is 119 Å². The Hall–Kier alpha value is -1.82. The van der Waals surface area contributed by atoms with Crippen molar-refractivity contribution in [3.8, 4) is 5.75 Å². The van der Waals surface area contributed by atoms with Gasteiger partial charge >= 0.3 is 0 Å². The molecule has 5 nitrogen and oxygen atoms in total. The number of benzene rings is 1. The number of amides is 1. The molecule has 0 fully saturated rings. The van der Waals surface area contributed by atoms with E-state index in [4.69, 9.17) is 4.74 Å². The van der Waals surface area contributed by atoms with Crippen LogP contribution in [0.2, 0.25) is 0 Å². The van der Waals surface area contributed by atoms with Crippen molar-refractivity contribution >= 4 is 27.7 Å². The molecule has 0 saturated carbocycles. The number of nitrogens with zero attached hydrogens (tertiary/aromatic N) is 1. The highest BCUT2D eigenvalue weighted by Crippen LogP contribution is 2.24. The molecule has 0 aliphatic heterocycles. The van der Waals surface area contributed by atoms with E-state index in [-0.39, 0.29) is 5.91 Å².